The van der Waals surface area contributed by atoms with E-state index in [4.69, 9.17) is 16.7 Å². The Bertz CT molecular complexity index is 660. The first-order valence-corrected chi connectivity index (χ1v) is 7.51. The number of carbonyl (C=O) groups excluding carboxylic acids is 1. The molecule has 2 aromatic carbocycles. The number of carbonyl (C=O) groups is 2. The van der Waals surface area contributed by atoms with Gasteiger partial charge in [-0.25, -0.2) is 4.79 Å². The Labute approximate surface area is 134 Å². The summed E-state index contributed by atoms with van der Waals surface area (Å²) in [7, 11) is 0. The van der Waals surface area contributed by atoms with E-state index in [1.807, 2.05) is 24.3 Å². The fourth-order valence-corrected chi connectivity index (χ4v) is 2.58. The molecule has 1 atom stereocenters. The highest BCUT2D eigenvalue weighted by Crippen LogP contribution is 2.25. The molecule has 2 aromatic rings. The van der Waals surface area contributed by atoms with Gasteiger partial charge in [0.25, 0.3) is 5.24 Å². The molecular weight excluding hydrogens is 300 g/mol. The van der Waals surface area contributed by atoms with Crippen molar-refractivity contribution in [3.8, 4) is 0 Å². The summed E-state index contributed by atoms with van der Waals surface area (Å²) >= 11 is 5.45. The number of carboxylic acid groups (broad SMARTS) is 1. The van der Waals surface area contributed by atoms with Gasteiger partial charge in [0.2, 0.25) is 0 Å². The summed E-state index contributed by atoms with van der Waals surface area (Å²) in [5, 5.41) is 8.46. The summed E-state index contributed by atoms with van der Waals surface area (Å²) in [5.74, 6) is -0.602. The van der Waals surface area contributed by atoms with Crippen LogP contribution in [0.2, 0.25) is 0 Å². The zero-order valence-electron chi connectivity index (χ0n) is 12.3. The van der Waals surface area contributed by atoms with Crippen molar-refractivity contribution >= 4 is 22.8 Å². The Kier molecular flexibility index (Phi) is 5.34. The van der Waals surface area contributed by atoms with Crippen LogP contribution in [0.15, 0.2) is 48.5 Å². The highest BCUT2D eigenvalue weighted by atomic mass is 35.5. The standard InChI is InChI=1S/C18H17ClO3/c1-2-13(14-7-9-15(10-8-14)17(19)20)11-12-3-5-16(6-4-12)18(21)22/h3-10,13H,2,11H2,1H3,(H,21,22). The third-order valence-electron chi connectivity index (χ3n) is 3.78. The molecule has 0 saturated carbocycles. The number of hydrogen-bond donors (Lipinski definition) is 1. The molecule has 2 rings (SSSR count). The van der Waals surface area contributed by atoms with Crippen LogP contribution in [0.3, 0.4) is 0 Å². The maximum Gasteiger partial charge on any atom is 0.335 e. The van der Waals surface area contributed by atoms with Crippen molar-refractivity contribution in [1.82, 2.24) is 0 Å². The van der Waals surface area contributed by atoms with Gasteiger partial charge in [-0.1, -0.05) is 31.2 Å². The third kappa shape index (κ3) is 3.95. The largest absolute Gasteiger partial charge is 0.478 e. The average Bonchev–Trinajstić information content (AvgIpc) is 2.53. The first-order valence-electron chi connectivity index (χ1n) is 7.13. The minimum atomic E-state index is -0.917. The molecule has 0 spiro atoms. The number of hydrogen-bond acceptors (Lipinski definition) is 2. The molecule has 0 fully saturated rings. The molecule has 0 saturated heterocycles. The lowest BCUT2D eigenvalue weighted by Crippen LogP contribution is -2.03. The van der Waals surface area contributed by atoms with E-state index in [2.05, 4.69) is 6.92 Å². The van der Waals surface area contributed by atoms with Crippen LogP contribution in [0.4, 0.5) is 0 Å². The van der Waals surface area contributed by atoms with Gasteiger partial charge in [0.15, 0.2) is 0 Å². The first kappa shape index (κ1) is 16.2. The van der Waals surface area contributed by atoms with E-state index in [1.165, 1.54) is 0 Å². The average molecular weight is 317 g/mol. The minimum Gasteiger partial charge on any atom is -0.478 e. The van der Waals surface area contributed by atoms with E-state index in [0.29, 0.717) is 17.0 Å². The van der Waals surface area contributed by atoms with Crippen molar-refractivity contribution in [2.75, 3.05) is 0 Å². The van der Waals surface area contributed by atoms with E-state index in [-0.39, 0.29) is 0 Å². The summed E-state index contributed by atoms with van der Waals surface area (Å²) in [6, 6.07) is 14.3. The molecule has 3 nitrogen and oxygen atoms in total. The van der Waals surface area contributed by atoms with Gasteiger partial charge in [0.05, 0.1) is 5.56 Å². The number of rotatable bonds is 6. The molecule has 0 aliphatic rings. The lowest BCUT2D eigenvalue weighted by atomic mass is 9.89. The lowest BCUT2D eigenvalue weighted by Gasteiger charge is -2.16. The first-order chi connectivity index (χ1) is 10.5. The maximum atomic E-state index is 11.1. The Morgan fingerprint density at radius 3 is 2.00 bits per heavy atom. The van der Waals surface area contributed by atoms with Gasteiger partial charge in [0, 0.05) is 5.56 Å². The normalized spacial score (nSPS) is 11.9. The van der Waals surface area contributed by atoms with Crippen LogP contribution in [0.1, 0.15) is 51.1 Å². The van der Waals surface area contributed by atoms with Crippen molar-refractivity contribution < 1.29 is 14.7 Å². The minimum absolute atomic E-state index is 0.293. The van der Waals surface area contributed by atoms with Crippen molar-refractivity contribution in [2.24, 2.45) is 0 Å². The highest BCUT2D eigenvalue weighted by Gasteiger charge is 2.12. The Morgan fingerprint density at radius 1 is 1.00 bits per heavy atom. The van der Waals surface area contributed by atoms with Gasteiger partial charge in [0.1, 0.15) is 0 Å². The van der Waals surface area contributed by atoms with Gasteiger partial charge in [-0.3, -0.25) is 4.79 Å². The molecule has 114 valence electrons. The molecule has 0 aromatic heterocycles. The molecular formula is C18H17ClO3. The molecule has 0 bridgehead atoms. The zero-order chi connectivity index (χ0) is 16.1. The van der Waals surface area contributed by atoms with E-state index >= 15 is 0 Å². The van der Waals surface area contributed by atoms with E-state index in [0.717, 1.165) is 24.0 Å². The third-order valence-corrected chi connectivity index (χ3v) is 4.00. The quantitative estimate of drug-likeness (QED) is 0.798. The SMILES string of the molecule is CCC(Cc1ccc(C(=O)O)cc1)c1ccc(C(=O)Cl)cc1. The number of benzene rings is 2. The second-order valence-corrected chi connectivity index (χ2v) is 5.55. The fraction of sp³-hybridized carbons (Fsp3) is 0.222. The Balaban J connectivity index is 2.14. The number of carboxylic acids is 1. The van der Waals surface area contributed by atoms with Gasteiger partial charge >= 0.3 is 5.97 Å². The maximum absolute atomic E-state index is 11.1. The second kappa shape index (κ2) is 7.23. The summed E-state index contributed by atoms with van der Waals surface area (Å²) in [6.45, 7) is 2.11. The second-order valence-electron chi connectivity index (χ2n) is 5.21. The Hall–Kier alpha value is -2.13. The molecule has 4 heteroatoms. The molecule has 0 heterocycles. The fourth-order valence-electron chi connectivity index (χ4n) is 2.45. The zero-order valence-corrected chi connectivity index (χ0v) is 13.0. The molecule has 0 aliphatic carbocycles. The molecule has 22 heavy (non-hydrogen) atoms. The lowest BCUT2D eigenvalue weighted by molar-refractivity contribution is 0.0696. The molecule has 1 unspecified atom stereocenters. The molecule has 0 amide bonds. The van der Waals surface area contributed by atoms with Gasteiger partial charge < -0.3 is 5.11 Å². The Morgan fingerprint density at radius 2 is 1.55 bits per heavy atom. The number of aromatic carboxylic acids is 1. The predicted molar refractivity (Wildman–Crippen MR) is 86.8 cm³/mol. The summed E-state index contributed by atoms with van der Waals surface area (Å²) in [4.78, 5) is 22.0. The van der Waals surface area contributed by atoms with Gasteiger partial charge in [-0.05, 0) is 65.8 Å². The summed E-state index contributed by atoms with van der Waals surface area (Å²) in [6.07, 6.45) is 1.78. The summed E-state index contributed by atoms with van der Waals surface area (Å²) < 4.78 is 0. The van der Waals surface area contributed by atoms with Crippen LogP contribution in [-0.4, -0.2) is 16.3 Å². The molecule has 0 aliphatic heterocycles. The monoisotopic (exact) mass is 316 g/mol. The van der Waals surface area contributed by atoms with Crippen LogP contribution >= 0.6 is 11.6 Å². The van der Waals surface area contributed by atoms with Crippen molar-refractivity contribution in [3.05, 3.63) is 70.8 Å². The van der Waals surface area contributed by atoms with E-state index < -0.39 is 11.2 Å². The van der Waals surface area contributed by atoms with Crippen molar-refractivity contribution in [1.29, 1.82) is 0 Å². The number of halogens is 1. The van der Waals surface area contributed by atoms with Crippen molar-refractivity contribution in [2.45, 2.75) is 25.7 Å². The topological polar surface area (TPSA) is 54.4 Å². The predicted octanol–water partition coefficient (Wildman–Crippen LogP) is 4.50. The van der Waals surface area contributed by atoms with Crippen molar-refractivity contribution in [3.63, 3.8) is 0 Å². The smallest absolute Gasteiger partial charge is 0.335 e. The van der Waals surface area contributed by atoms with Crippen LogP contribution in [0, 0.1) is 0 Å². The highest BCUT2D eigenvalue weighted by molar-refractivity contribution is 6.67. The van der Waals surface area contributed by atoms with Gasteiger partial charge in [-0.2, -0.15) is 0 Å². The van der Waals surface area contributed by atoms with Crippen LogP contribution in [-0.2, 0) is 6.42 Å². The van der Waals surface area contributed by atoms with Gasteiger partial charge in [-0.15, -0.1) is 0 Å². The van der Waals surface area contributed by atoms with E-state index in [1.54, 1.807) is 24.3 Å². The van der Waals surface area contributed by atoms with Crippen LogP contribution in [0.25, 0.3) is 0 Å². The summed E-state index contributed by atoms with van der Waals surface area (Å²) in [5.41, 5.74) is 3.02. The van der Waals surface area contributed by atoms with E-state index in [9.17, 15) is 9.59 Å². The molecule has 1 N–H and O–H groups in total. The van der Waals surface area contributed by atoms with Crippen LogP contribution in [0.5, 0.6) is 0 Å². The molecule has 0 radical (unpaired) electrons. The van der Waals surface area contributed by atoms with Crippen LogP contribution < -0.4 is 0 Å².